The third-order valence-corrected chi connectivity index (χ3v) is 9.29. The van der Waals surface area contributed by atoms with Gasteiger partial charge in [-0.1, -0.05) is 38.8 Å². The molecule has 0 aliphatic rings. The summed E-state index contributed by atoms with van der Waals surface area (Å²) in [5, 5.41) is 0.212. The summed E-state index contributed by atoms with van der Waals surface area (Å²) in [5.41, 5.74) is 2.29. The van der Waals surface area contributed by atoms with Crippen molar-refractivity contribution in [1.82, 2.24) is 0 Å². The minimum absolute atomic E-state index is 0.212. The molecule has 0 N–H and O–H groups in total. The fourth-order valence-electron chi connectivity index (χ4n) is 1.79. The van der Waals surface area contributed by atoms with Crippen molar-refractivity contribution in [3.63, 3.8) is 0 Å². The summed E-state index contributed by atoms with van der Waals surface area (Å²) in [5.74, 6) is 2.69. The number of nitrogens with zero attached hydrogens (tertiary/aromatic N) is 1. The molecule has 1 aromatic carbocycles. The zero-order valence-corrected chi connectivity index (χ0v) is 16.5. The number of terminal acetylenes is 1. The highest BCUT2D eigenvalue weighted by atomic mass is 79.9. The molecule has 0 spiro atoms. The third-order valence-electron chi connectivity index (χ3n) is 4.18. The van der Waals surface area contributed by atoms with Crippen molar-refractivity contribution < 1.29 is 4.43 Å². The molecule has 0 heterocycles. The largest absolute Gasteiger partial charge is 0.412 e. The van der Waals surface area contributed by atoms with Crippen LogP contribution in [-0.4, -0.2) is 21.9 Å². The van der Waals surface area contributed by atoms with Gasteiger partial charge in [-0.15, -0.1) is 6.42 Å². The minimum atomic E-state index is -1.76. The van der Waals surface area contributed by atoms with Crippen molar-refractivity contribution in [2.24, 2.45) is 0 Å². The summed E-state index contributed by atoms with van der Waals surface area (Å²) >= 11 is 3.62. The maximum atomic E-state index is 6.34. The lowest BCUT2D eigenvalue weighted by atomic mass is 10.1. The average Bonchev–Trinajstić information content (AvgIpc) is 2.35. The molecule has 0 aliphatic heterocycles. The van der Waals surface area contributed by atoms with Crippen LogP contribution in [0.5, 0.6) is 0 Å². The Kier molecular flexibility index (Phi) is 6.09. The summed E-state index contributed by atoms with van der Waals surface area (Å²) in [6, 6.07) is 6.19. The predicted molar refractivity (Wildman–Crippen MR) is 98.2 cm³/mol. The molecule has 0 atom stereocenters. The molecular formula is C17H26BrNOSi. The van der Waals surface area contributed by atoms with Crippen molar-refractivity contribution in [3.05, 3.63) is 28.2 Å². The van der Waals surface area contributed by atoms with E-state index in [0.717, 1.165) is 10.2 Å². The summed E-state index contributed by atoms with van der Waals surface area (Å²) in [4.78, 5) is 2.08. The van der Waals surface area contributed by atoms with Gasteiger partial charge in [-0.2, -0.15) is 0 Å². The van der Waals surface area contributed by atoms with Crippen LogP contribution < -0.4 is 4.90 Å². The smallest absolute Gasteiger partial charge is 0.192 e. The molecule has 0 radical (unpaired) electrons. The van der Waals surface area contributed by atoms with Crippen LogP contribution in [0.1, 0.15) is 26.3 Å². The van der Waals surface area contributed by atoms with E-state index in [4.69, 9.17) is 10.8 Å². The van der Waals surface area contributed by atoms with Crippen LogP contribution in [0.2, 0.25) is 18.1 Å². The van der Waals surface area contributed by atoms with Crippen LogP contribution >= 0.6 is 15.9 Å². The average molecular weight is 368 g/mol. The van der Waals surface area contributed by atoms with Gasteiger partial charge in [-0.05, 0) is 40.1 Å². The van der Waals surface area contributed by atoms with Gasteiger partial charge in [0.15, 0.2) is 8.32 Å². The predicted octanol–water partition coefficient (Wildman–Crippen LogP) is 5.04. The standard InChI is InChI=1S/C17H26BrNOSi/c1-8-12-19(5)16-14(10-9-11-15(16)18)13-20-21(6,7)17(2,3)4/h1,9-11H,12-13H2,2-7H3. The Morgan fingerprint density at radius 1 is 1.33 bits per heavy atom. The van der Waals surface area contributed by atoms with Crippen molar-refractivity contribution in [2.75, 3.05) is 18.5 Å². The number of anilines is 1. The Balaban J connectivity index is 3.00. The lowest BCUT2D eigenvalue weighted by Gasteiger charge is -2.36. The fraction of sp³-hybridized carbons (Fsp3) is 0.529. The van der Waals surface area contributed by atoms with Gasteiger partial charge in [-0.3, -0.25) is 0 Å². The number of hydrogen-bond acceptors (Lipinski definition) is 2. The number of rotatable bonds is 5. The molecule has 0 amide bonds. The maximum Gasteiger partial charge on any atom is 0.192 e. The van der Waals surface area contributed by atoms with E-state index in [-0.39, 0.29) is 5.04 Å². The summed E-state index contributed by atoms with van der Waals surface area (Å²) < 4.78 is 7.40. The van der Waals surface area contributed by atoms with Crippen LogP contribution in [0.4, 0.5) is 5.69 Å². The van der Waals surface area contributed by atoms with Crippen LogP contribution in [0.25, 0.3) is 0 Å². The molecule has 1 aromatic rings. The van der Waals surface area contributed by atoms with Crippen molar-refractivity contribution in [2.45, 2.75) is 45.5 Å². The van der Waals surface area contributed by atoms with E-state index in [9.17, 15) is 0 Å². The second kappa shape index (κ2) is 7.00. The van der Waals surface area contributed by atoms with E-state index >= 15 is 0 Å². The Bertz CT molecular complexity index is 529. The molecule has 0 unspecified atom stereocenters. The summed E-state index contributed by atoms with van der Waals surface area (Å²) in [7, 11) is 0.254. The van der Waals surface area contributed by atoms with Gasteiger partial charge in [0.25, 0.3) is 0 Å². The molecule has 116 valence electrons. The molecule has 0 saturated carbocycles. The SMILES string of the molecule is C#CCN(C)c1c(Br)cccc1CO[Si](C)(C)C(C)(C)C. The van der Waals surface area contributed by atoms with Gasteiger partial charge < -0.3 is 9.33 Å². The highest BCUT2D eigenvalue weighted by Gasteiger charge is 2.37. The van der Waals surface area contributed by atoms with E-state index in [1.807, 2.05) is 19.2 Å². The van der Waals surface area contributed by atoms with E-state index in [0.29, 0.717) is 13.2 Å². The Hall–Kier alpha value is -0.763. The zero-order chi connectivity index (χ0) is 16.3. The lowest BCUT2D eigenvalue weighted by Crippen LogP contribution is -2.40. The first-order valence-electron chi connectivity index (χ1n) is 7.16. The summed E-state index contributed by atoms with van der Waals surface area (Å²) in [6.45, 7) is 12.5. The summed E-state index contributed by atoms with van der Waals surface area (Å²) in [6.07, 6.45) is 5.44. The minimum Gasteiger partial charge on any atom is -0.412 e. The Labute approximate surface area is 139 Å². The molecule has 0 fully saturated rings. The van der Waals surface area contributed by atoms with E-state index in [2.05, 4.69) is 66.7 Å². The Morgan fingerprint density at radius 3 is 2.48 bits per heavy atom. The third kappa shape index (κ3) is 4.60. The number of hydrogen-bond donors (Lipinski definition) is 0. The maximum absolute atomic E-state index is 6.34. The zero-order valence-electron chi connectivity index (χ0n) is 14.0. The first-order chi connectivity index (χ1) is 9.60. The van der Waals surface area contributed by atoms with Crippen LogP contribution in [-0.2, 0) is 11.0 Å². The molecule has 0 saturated heterocycles. The first kappa shape index (κ1) is 18.3. The van der Waals surface area contributed by atoms with Gasteiger partial charge >= 0.3 is 0 Å². The van der Waals surface area contributed by atoms with Gasteiger partial charge in [-0.25, -0.2) is 0 Å². The molecule has 0 aliphatic carbocycles. The van der Waals surface area contributed by atoms with Crippen molar-refractivity contribution in [3.8, 4) is 12.3 Å². The topological polar surface area (TPSA) is 12.5 Å². The lowest BCUT2D eigenvalue weighted by molar-refractivity contribution is 0.276. The highest BCUT2D eigenvalue weighted by molar-refractivity contribution is 9.10. The van der Waals surface area contributed by atoms with Crippen LogP contribution in [0.3, 0.4) is 0 Å². The van der Waals surface area contributed by atoms with Crippen molar-refractivity contribution >= 4 is 29.9 Å². The van der Waals surface area contributed by atoms with Gasteiger partial charge in [0.05, 0.1) is 18.8 Å². The fourth-order valence-corrected chi connectivity index (χ4v) is 3.45. The van der Waals surface area contributed by atoms with Crippen LogP contribution in [0, 0.1) is 12.3 Å². The van der Waals surface area contributed by atoms with Gasteiger partial charge in [0.2, 0.25) is 0 Å². The molecule has 21 heavy (non-hydrogen) atoms. The quantitative estimate of drug-likeness (QED) is 0.533. The number of benzene rings is 1. The van der Waals surface area contributed by atoms with E-state index in [1.54, 1.807) is 0 Å². The highest BCUT2D eigenvalue weighted by Crippen LogP contribution is 2.38. The normalized spacial score (nSPS) is 12.1. The van der Waals surface area contributed by atoms with Gasteiger partial charge in [0, 0.05) is 17.1 Å². The Morgan fingerprint density at radius 2 is 1.95 bits per heavy atom. The monoisotopic (exact) mass is 367 g/mol. The van der Waals surface area contributed by atoms with Crippen LogP contribution in [0.15, 0.2) is 22.7 Å². The molecule has 0 bridgehead atoms. The molecule has 1 rings (SSSR count). The van der Waals surface area contributed by atoms with Crippen molar-refractivity contribution in [1.29, 1.82) is 0 Å². The second-order valence-electron chi connectivity index (χ2n) is 6.86. The molecule has 0 aromatic heterocycles. The van der Waals surface area contributed by atoms with E-state index in [1.165, 1.54) is 5.56 Å². The molecule has 2 nitrogen and oxygen atoms in total. The molecular weight excluding hydrogens is 342 g/mol. The number of halogens is 1. The van der Waals surface area contributed by atoms with E-state index < -0.39 is 8.32 Å². The first-order valence-corrected chi connectivity index (χ1v) is 10.9. The second-order valence-corrected chi connectivity index (χ2v) is 12.5. The molecule has 4 heteroatoms. The van der Waals surface area contributed by atoms with Gasteiger partial charge in [0.1, 0.15) is 0 Å². The number of para-hydroxylation sites is 1.